The molecule has 0 spiro atoms. The number of carboxylic acid groups (broad SMARTS) is 1. The Morgan fingerprint density at radius 1 is 1.05 bits per heavy atom. The van der Waals surface area contributed by atoms with Crippen LogP contribution in [0, 0.1) is 0 Å². The predicted molar refractivity (Wildman–Crippen MR) is 81.0 cm³/mol. The van der Waals surface area contributed by atoms with E-state index in [1.54, 1.807) is 28.9 Å². The first kappa shape index (κ1) is 13.4. The molecule has 0 fully saturated rings. The number of carboxylic acids is 1. The molecule has 1 aromatic heterocycles. The highest BCUT2D eigenvalue weighted by atomic mass is 35.5. The first-order chi connectivity index (χ1) is 10.1. The highest BCUT2D eigenvalue weighted by Crippen LogP contribution is 2.25. The minimum Gasteiger partial charge on any atom is -0.476 e. The van der Waals surface area contributed by atoms with Gasteiger partial charge in [-0.25, -0.2) is 9.48 Å². The molecular formula is C16H11ClN2O2. The maximum Gasteiger partial charge on any atom is 0.356 e. The Balaban J connectivity index is 2.21. The number of carbonyl (C=O) groups is 1. The lowest BCUT2D eigenvalue weighted by atomic mass is 10.1. The molecule has 0 aliphatic carbocycles. The largest absolute Gasteiger partial charge is 0.476 e. The standard InChI is InChI=1S/C16H11ClN2O2/c17-12-7-4-8-13(9-12)19-15(10-14(18-19)16(20)21)11-5-2-1-3-6-11/h1-10H,(H,20,21). The van der Waals surface area contributed by atoms with Gasteiger partial charge in [0.05, 0.1) is 11.4 Å². The minimum atomic E-state index is -1.06. The Morgan fingerprint density at radius 3 is 2.48 bits per heavy atom. The molecule has 21 heavy (non-hydrogen) atoms. The minimum absolute atomic E-state index is 0.00571. The Morgan fingerprint density at radius 2 is 1.81 bits per heavy atom. The number of benzene rings is 2. The van der Waals surface area contributed by atoms with Gasteiger partial charge in [0.25, 0.3) is 0 Å². The fourth-order valence-electron chi connectivity index (χ4n) is 2.10. The molecule has 2 aromatic carbocycles. The lowest BCUT2D eigenvalue weighted by Gasteiger charge is -2.07. The van der Waals surface area contributed by atoms with Crippen molar-refractivity contribution in [2.24, 2.45) is 0 Å². The summed E-state index contributed by atoms with van der Waals surface area (Å²) in [5.74, 6) is -1.06. The molecule has 5 heteroatoms. The van der Waals surface area contributed by atoms with Gasteiger partial charge in [-0.15, -0.1) is 0 Å². The number of halogens is 1. The maximum atomic E-state index is 11.2. The zero-order valence-electron chi connectivity index (χ0n) is 10.9. The molecule has 3 rings (SSSR count). The van der Waals surface area contributed by atoms with Crippen molar-refractivity contribution >= 4 is 17.6 Å². The fraction of sp³-hybridized carbons (Fsp3) is 0. The van der Waals surface area contributed by atoms with E-state index in [1.807, 2.05) is 36.4 Å². The van der Waals surface area contributed by atoms with Crippen molar-refractivity contribution in [3.8, 4) is 16.9 Å². The second-order valence-electron chi connectivity index (χ2n) is 4.48. The lowest BCUT2D eigenvalue weighted by Crippen LogP contribution is -2.02. The summed E-state index contributed by atoms with van der Waals surface area (Å²) in [6.07, 6.45) is 0. The summed E-state index contributed by atoms with van der Waals surface area (Å²) in [6.45, 7) is 0. The second-order valence-corrected chi connectivity index (χ2v) is 4.91. The van der Waals surface area contributed by atoms with E-state index in [1.165, 1.54) is 0 Å². The quantitative estimate of drug-likeness (QED) is 0.798. The van der Waals surface area contributed by atoms with Crippen molar-refractivity contribution in [3.63, 3.8) is 0 Å². The van der Waals surface area contributed by atoms with E-state index in [0.29, 0.717) is 16.4 Å². The van der Waals surface area contributed by atoms with Gasteiger partial charge in [-0.05, 0) is 24.3 Å². The molecule has 0 saturated heterocycles. The number of aromatic carboxylic acids is 1. The molecule has 1 N–H and O–H groups in total. The first-order valence-electron chi connectivity index (χ1n) is 6.30. The molecule has 1 heterocycles. The molecule has 0 amide bonds. The summed E-state index contributed by atoms with van der Waals surface area (Å²) >= 11 is 6.01. The van der Waals surface area contributed by atoms with Crippen LogP contribution in [0.2, 0.25) is 5.02 Å². The summed E-state index contributed by atoms with van der Waals surface area (Å²) in [5.41, 5.74) is 2.30. The number of hydrogen-bond acceptors (Lipinski definition) is 2. The highest BCUT2D eigenvalue weighted by molar-refractivity contribution is 6.30. The molecule has 0 atom stereocenters. The Hall–Kier alpha value is -2.59. The van der Waals surface area contributed by atoms with Crippen LogP contribution in [0.3, 0.4) is 0 Å². The Bertz CT molecular complexity index is 797. The van der Waals surface area contributed by atoms with Crippen molar-refractivity contribution in [1.29, 1.82) is 0 Å². The van der Waals surface area contributed by atoms with Gasteiger partial charge < -0.3 is 5.11 Å². The van der Waals surface area contributed by atoms with Crippen LogP contribution >= 0.6 is 11.6 Å². The number of rotatable bonds is 3. The highest BCUT2D eigenvalue weighted by Gasteiger charge is 2.15. The Labute approximate surface area is 126 Å². The van der Waals surface area contributed by atoms with E-state index >= 15 is 0 Å². The van der Waals surface area contributed by atoms with E-state index in [9.17, 15) is 4.79 Å². The first-order valence-corrected chi connectivity index (χ1v) is 6.67. The molecule has 0 radical (unpaired) electrons. The van der Waals surface area contributed by atoms with Gasteiger partial charge >= 0.3 is 5.97 Å². The van der Waals surface area contributed by atoms with E-state index in [4.69, 9.17) is 16.7 Å². The van der Waals surface area contributed by atoms with Crippen molar-refractivity contribution in [3.05, 3.63) is 71.4 Å². The molecule has 0 unspecified atom stereocenters. The van der Waals surface area contributed by atoms with Crippen LogP contribution in [0.4, 0.5) is 0 Å². The molecule has 0 saturated carbocycles. The summed E-state index contributed by atoms with van der Waals surface area (Å²) < 4.78 is 1.59. The van der Waals surface area contributed by atoms with Gasteiger partial charge in [0, 0.05) is 10.6 Å². The molecule has 0 aliphatic heterocycles. The van der Waals surface area contributed by atoms with Crippen molar-refractivity contribution < 1.29 is 9.90 Å². The number of aromatic nitrogens is 2. The summed E-state index contributed by atoms with van der Waals surface area (Å²) in [7, 11) is 0. The van der Waals surface area contributed by atoms with Crippen LogP contribution in [0.25, 0.3) is 16.9 Å². The van der Waals surface area contributed by atoms with Crippen LogP contribution in [-0.4, -0.2) is 20.9 Å². The summed E-state index contributed by atoms with van der Waals surface area (Å²) in [6, 6.07) is 18.2. The van der Waals surface area contributed by atoms with Crippen LogP contribution in [-0.2, 0) is 0 Å². The van der Waals surface area contributed by atoms with Crippen LogP contribution in [0.15, 0.2) is 60.7 Å². The van der Waals surface area contributed by atoms with Gasteiger partial charge in [-0.3, -0.25) is 0 Å². The normalized spacial score (nSPS) is 10.5. The van der Waals surface area contributed by atoms with Crippen LogP contribution in [0.1, 0.15) is 10.5 Å². The van der Waals surface area contributed by atoms with E-state index in [-0.39, 0.29) is 5.69 Å². The van der Waals surface area contributed by atoms with Gasteiger partial charge in [-0.1, -0.05) is 48.0 Å². The fourth-order valence-corrected chi connectivity index (χ4v) is 2.29. The molecule has 0 bridgehead atoms. The van der Waals surface area contributed by atoms with E-state index < -0.39 is 5.97 Å². The summed E-state index contributed by atoms with van der Waals surface area (Å²) in [5, 5.41) is 13.9. The molecule has 3 aromatic rings. The van der Waals surface area contributed by atoms with E-state index in [2.05, 4.69) is 5.10 Å². The smallest absolute Gasteiger partial charge is 0.356 e. The van der Waals surface area contributed by atoms with Crippen LogP contribution < -0.4 is 0 Å². The molecule has 104 valence electrons. The SMILES string of the molecule is O=C(O)c1cc(-c2ccccc2)n(-c2cccc(Cl)c2)n1. The van der Waals surface area contributed by atoms with E-state index in [0.717, 1.165) is 5.56 Å². The molecular weight excluding hydrogens is 288 g/mol. The molecule has 4 nitrogen and oxygen atoms in total. The van der Waals surface area contributed by atoms with Crippen molar-refractivity contribution in [1.82, 2.24) is 9.78 Å². The average molecular weight is 299 g/mol. The maximum absolute atomic E-state index is 11.2. The topological polar surface area (TPSA) is 55.1 Å². The van der Waals surface area contributed by atoms with Crippen molar-refractivity contribution in [2.75, 3.05) is 0 Å². The predicted octanol–water partition coefficient (Wildman–Crippen LogP) is 3.89. The zero-order valence-corrected chi connectivity index (χ0v) is 11.7. The van der Waals surface area contributed by atoms with Gasteiger partial charge in [0.2, 0.25) is 0 Å². The lowest BCUT2D eigenvalue weighted by molar-refractivity contribution is 0.0690. The zero-order chi connectivity index (χ0) is 14.8. The monoisotopic (exact) mass is 298 g/mol. The Kier molecular flexibility index (Phi) is 3.46. The van der Waals surface area contributed by atoms with Crippen molar-refractivity contribution in [2.45, 2.75) is 0 Å². The van der Waals surface area contributed by atoms with Gasteiger partial charge in [0.15, 0.2) is 5.69 Å². The van der Waals surface area contributed by atoms with Gasteiger partial charge in [-0.2, -0.15) is 5.10 Å². The third-order valence-electron chi connectivity index (χ3n) is 3.05. The number of hydrogen-bond donors (Lipinski definition) is 1. The van der Waals surface area contributed by atoms with Gasteiger partial charge in [0.1, 0.15) is 0 Å². The number of nitrogens with zero attached hydrogens (tertiary/aromatic N) is 2. The van der Waals surface area contributed by atoms with Crippen LogP contribution in [0.5, 0.6) is 0 Å². The third kappa shape index (κ3) is 2.66. The average Bonchev–Trinajstić information content (AvgIpc) is 2.93. The molecule has 0 aliphatic rings. The third-order valence-corrected chi connectivity index (χ3v) is 3.29. The summed E-state index contributed by atoms with van der Waals surface area (Å²) in [4.78, 5) is 11.2. The second kappa shape index (κ2) is 5.42.